The van der Waals surface area contributed by atoms with Gasteiger partial charge in [-0.05, 0) is 31.0 Å². The molecular weight excluding hydrogens is 454 g/mol. The molecule has 4 unspecified atom stereocenters. The largest absolute Gasteiger partial charge is 0.508 e. The number of amides is 4. The molecule has 0 spiro atoms. The molecule has 0 aromatic heterocycles. The SMILES string of the molecule is CC(N)C(=O)NC(CCC(N)=O)C(=O)NC(CS)C(=O)NC(Cc1ccc(O)cc1)C(=O)O. The third-order valence-electron chi connectivity index (χ3n) is 4.53. The Morgan fingerprint density at radius 1 is 0.939 bits per heavy atom. The standard InChI is InChI=1S/C20H29N5O7S/c1-10(21)17(28)23-13(6-7-16(22)27)18(29)25-15(9-33)19(30)24-14(20(31)32)8-11-2-4-12(26)5-3-11/h2-5,10,13-15,26,33H,6-9,21H2,1H3,(H2,22,27)(H,23,28)(H,24,30)(H,25,29)(H,31,32). The summed E-state index contributed by atoms with van der Waals surface area (Å²) in [6.45, 7) is 1.41. The molecule has 0 saturated carbocycles. The van der Waals surface area contributed by atoms with E-state index in [0.717, 1.165) is 0 Å². The van der Waals surface area contributed by atoms with Crippen molar-refractivity contribution in [2.24, 2.45) is 11.5 Å². The number of phenols is 1. The molecule has 0 aliphatic rings. The van der Waals surface area contributed by atoms with Crippen LogP contribution in [-0.2, 0) is 30.4 Å². The minimum atomic E-state index is -1.32. The lowest BCUT2D eigenvalue weighted by atomic mass is 10.1. The average Bonchev–Trinajstić information content (AvgIpc) is 2.74. The van der Waals surface area contributed by atoms with E-state index in [1.54, 1.807) is 0 Å². The van der Waals surface area contributed by atoms with Gasteiger partial charge in [0.05, 0.1) is 6.04 Å². The van der Waals surface area contributed by atoms with Gasteiger partial charge in [0, 0.05) is 18.6 Å². The van der Waals surface area contributed by atoms with Crippen LogP contribution < -0.4 is 27.4 Å². The number of rotatable bonds is 13. The molecular formula is C20H29N5O7S. The van der Waals surface area contributed by atoms with Crippen LogP contribution in [0.3, 0.4) is 0 Å². The summed E-state index contributed by atoms with van der Waals surface area (Å²) >= 11 is 4.04. The van der Waals surface area contributed by atoms with Crippen LogP contribution in [0.1, 0.15) is 25.3 Å². The fourth-order valence-corrected chi connectivity index (χ4v) is 2.92. The van der Waals surface area contributed by atoms with E-state index in [2.05, 4.69) is 28.6 Å². The number of nitrogens with one attached hydrogen (secondary N) is 3. The van der Waals surface area contributed by atoms with E-state index in [1.165, 1.54) is 31.2 Å². The maximum absolute atomic E-state index is 12.7. The number of hydrogen-bond donors (Lipinski definition) is 8. The number of carbonyl (C=O) groups excluding carboxylic acids is 4. The second-order valence-electron chi connectivity index (χ2n) is 7.37. The quantitative estimate of drug-likeness (QED) is 0.147. The highest BCUT2D eigenvalue weighted by molar-refractivity contribution is 7.80. The molecule has 0 aliphatic carbocycles. The molecule has 0 aliphatic heterocycles. The molecule has 4 amide bonds. The van der Waals surface area contributed by atoms with Crippen LogP contribution in [0.4, 0.5) is 0 Å². The van der Waals surface area contributed by atoms with Crippen LogP contribution in [0.25, 0.3) is 0 Å². The summed E-state index contributed by atoms with van der Waals surface area (Å²) < 4.78 is 0. The fraction of sp³-hybridized carbons (Fsp3) is 0.450. The van der Waals surface area contributed by atoms with E-state index in [9.17, 15) is 34.2 Å². The first-order valence-corrected chi connectivity index (χ1v) is 10.6. The van der Waals surface area contributed by atoms with Crippen LogP contribution in [-0.4, -0.2) is 69.7 Å². The molecule has 0 bridgehead atoms. The number of phenolic OH excluding ortho intramolecular Hbond substituents is 1. The predicted molar refractivity (Wildman–Crippen MR) is 121 cm³/mol. The van der Waals surface area contributed by atoms with E-state index < -0.39 is 53.8 Å². The predicted octanol–water partition coefficient (Wildman–Crippen LogP) is -1.98. The summed E-state index contributed by atoms with van der Waals surface area (Å²) in [7, 11) is 0. The minimum Gasteiger partial charge on any atom is -0.508 e. The van der Waals surface area contributed by atoms with Gasteiger partial charge in [0.1, 0.15) is 23.9 Å². The number of carboxylic acid groups (broad SMARTS) is 1. The molecule has 9 N–H and O–H groups in total. The van der Waals surface area contributed by atoms with Crippen LogP contribution >= 0.6 is 12.6 Å². The molecule has 12 nitrogen and oxygen atoms in total. The molecule has 33 heavy (non-hydrogen) atoms. The number of thiol groups is 1. The van der Waals surface area contributed by atoms with Crippen molar-refractivity contribution in [3.05, 3.63) is 29.8 Å². The van der Waals surface area contributed by atoms with Crippen molar-refractivity contribution in [1.29, 1.82) is 0 Å². The first-order chi connectivity index (χ1) is 15.4. The molecule has 0 radical (unpaired) electrons. The molecule has 0 heterocycles. The highest BCUT2D eigenvalue weighted by Crippen LogP contribution is 2.11. The van der Waals surface area contributed by atoms with Crippen LogP contribution in [0.5, 0.6) is 5.75 Å². The van der Waals surface area contributed by atoms with Crippen molar-refractivity contribution in [2.45, 2.75) is 50.4 Å². The Labute approximate surface area is 195 Å². The first kappa shape index (κ1) is 27.7. The molecule has 1 rings (SSSR count). The van der Waals surface area contributed by atoms with Crippen LogP contribution in [0.2, 0.25) is 0 Å². The van der Waals surface area contributed by atoms with E-state index in [0.29, 0.717) is 5.56 Å². The number of primary amides is 1. The van der Waals surface area contributed by atoms with Gasteiger partial charge in [0.15, 0.2) is 0 Å². The van der Waals surface area contributed by atoms with Gasteiger partial charge in [-0.3, -0.25) is 19.2 Å². The lowest BCUT2D eigenvalue weighted by Gasteiger charge is -2.24. The topological polar surface area (TPSA) is 214 Å². The third kappa shape index (κ3) is 9.78. The summed E-state index contributed by atoms with van der Waals surface area (Å²) in [5.41, 5.74) is 11.2. The van der Waals surface area contributed by atoms with E-state index in [1.807, 2.05) is 0 Å². The zero-order valence-electron chi connectivity index (χ0n) is 18.0. The van der Waals surface area contributed by atoms with Gasteiger partial charge in [-0.1, -0.05) is 12.1 Å². The Morgan fingerprint density at radius 3 is 1.94 bits per heavy atom. The Balaban J connectivity index is 2.87. The summed E-state index contributed by atoms with van der Waals surface area (Å²) in [6.07, 6.45) is -0.401. The van der Waals surface area contributed by atoms with Crippen molar-refractivity contribution >= 4 is 42.2 Å². The lowest BCUT2D eigenvalue weighted by molar-refractivity contribution is -0.142. The average molecular weight is 484 g/mol. The highest BCUT2D eigenvalue weighted by Gasteiger charge is 2.29. The maximum Gasteiger partial charge on any atom is 0.326 e. The van der Waals surface area contributed by atoms with Crippen LogP contribution in [0.15, 0.2) is 24.3 Å². The van der Waals surface area contributed by atoms with Crippen molar-refractivity contribution in [2.75, 3.05) is 5.75 Å². The van der Waals surface area contributed by atoms with Crippen molar-refractivity contribution < 1.29 is 34.2 Å². The van der Waals surface area contributed by atoms with Crippen molar-refractivity contribution in [3.63, 3.8) is 0 Å². The Hall–Kier alpha value is -3.32. The maximum atomic E-state index is 12.7. The Kier molecular flexibility index (Phi) is 11.2. The van der Waals surface area contributed by atoms with Crippen molar-refractivity contribution in [3.8, 4) is 5.75 Å². The summed E-state index contributed by atoms with van der Waals surface area (Å²) in [5.74, 6) is -4.40. The van der Waals surface area contributed by atoms with Gasteiger partial charge in [-0.25, -0.2) is 4.79 Å². The van der Waals surface area contributed by atoms with Gasteiger partial charge in [-0.15, -0.1) is 0 Å². The van der Waals surface area contributed by atoms with E-state index in [4.69, 9.17) is 11.5 Å². The number of aromatic hydroxyl groups is 1. The molecule has 182 valence electrons. The zero-order chi connectivity index (χ0) is 25.1. The zero-order valence-corrected chi connectivity index (χ0v) is 18.9. The van der Waals surface area contributed by atoms with Crippen molar-refractivity contribution in [1.82, 2.24) is 16.0 Å². The highest BCUT2D eigenvalue weighted by atomic mass is 32.1. The molecule has 1 aromatic rings. The minimum absolute atomic E-state index is 0.00882. The first-order valence-electron chi connectivity index (χ1n) is 10.0. The number of carboxylic acids is 1. The number of benzene rings is 1. The monoisotopic (exact) mass is 483 g/mol. The molecule has 13 heteroatoms. The number of hydrogen-bond acceptors (Lipinski definition) is 8. The summed E-state index contributed by atoms with van der Waals surface area (Å²) in [6, 6.07) is 1.13. The molecule has 0 fully saturated rings. The van der Waals surface area contributed by atoms with Gasteiger partial charge < -0.3 is 37.6 Å². The lowest BCUT2D eigenvalue weighted by Crippen LogP contribution is -2.57. The van der Waals surface area contributed by atoms with E-state index >= 15 is 0 Å². The third-order valence-corrected chi connectivity index (χ3v) is 4.90. The summed E-state index contributed by atoms with van der Waals surface area (Å²) in [4.78, 5) is 59.9. The van der Waals surface area contributed by atoms with E-state index in [-0.39, 0.29) is 30.8 Å². The Bertz CT molecular complexity index is 863. The molecule has 0 saturated heterocycles. The number of aliphatic carboxylic acids is 1. The second-order valence-corrected chi connectivity index (χ2v) is 7.73. The van der Waals surface area contributed by atoms with Gasteiger partial charge in [-0.2, -0.15) is 12.6 Å². The van der Waals surface area contributed by atoms with Gasteiger partial charge in [0.2, 0.25) is 23.6 Å². The molecule has 4 atom stereocenters. The second kappa shape index (κ2) is 13.3. The number of nitrogens with two attached hydrogens (primary N) is 2. The van der Waals surface area contributed by atoms with Crippen LogP contribution in [0, 0.1) is 0 Å². The van der Waals surface area contributed by atoms with Gasteiger partial charge in [0.25, 0.3) is 0 Å². The fourth-order valence-electron chi connectivity index (χ4n) is 2.67. The smallest absolute Gasteiger partial charge is 0.326 e. The Morgan fingerprint density at radius 2 is 1.45 bits per heavy atom. The summed E-state index contributed by atoms with van der Waals surface area (Å²) in [5, 5.41) is 25.9. The normalized spacial score (nSPS) is 14.3. The van der Waals surface area contributed by atoms with Gasteiger partial charge >= 0.3 is 5.97 Å². The number of carbonyl (C=O) groups is 5. The molecule has 1 aromatic carbocycles.